The van der Waals surface area contributed by atoms with Crippen molar-refractivity contribution in [2.45, 2.75) is 57.4 Å². The van der Waals surface area contributed by atoms with E-state index >= 15 is 0 Å². The first kappa shape index (κ1) is 13.8. The Morgan fingerprint density at radius 1 is 1.24 bits per heavy atom. The smallest absolute Gasteiger partial charge is 0.329 e. The number of unbranched alkanes of at least 4 members (excludes halogenated alkanes) is 3. The van der Waals surface area contributed by atoms with Crippen LogP contribution in [0.2, 0.25) is 0 Å². The molecule has 3 N–H and O–H groups in total. The first-order chi connectivity index (χ1) is 8.10. The summed E-state index contributed by atoms with van der Waals surface area (Å²) in [5.41, 5.74) is -1.01. The molecule has 0 aromatic rings. The minimum absolute atomic E-state index is 0.358. The van der Waals surface area contributed by atoms with Crippen LogP contribution in [0, 0.1) is 0 Å². The van der Waals surface area contributed by atoms with Gasteiger partial charge in [-0.2, -0.15) is 0 Å². The van der Waals surface area contributed by atoms with Crippen LogP contribution in [-0.2, 0) is 4.79 Å². The summed E-state index contributed by atoms with van der Waals surface area (Å²) < 4.78 is 0. The van der Waals surface area contributed by atoms with E-state index in [2.05, 4.69) is 17.6 Å². The molecule has 98 valence electrons. The van der Waals surface area contributed by atoms with Gasteiger partial charge in [0, 0.05) is 6.54 Å². The molecule has 0 heterocycles. The predicted octanol–water partition coefficient (Wildman–Crippen LogP) is 1.87. The number of aliphatic carboxylic acids is 1. The highest BCUT2D eigenvalue weighted by molar-refractivity contribution is 5.87. The van der Waals surface area contributed by atoms with Gasteiger partial charge in [0.1, 0.15) is 5.54 Å². The molecule has 0 saturated heterocycles. The lowest BCUT2D eigenvalue weighted by Gasteiger charge is -2.38. The summed E-state index contributed by atoms with van der Waals surface area (Å²) in [6, 6.07) is -0.358. The van der Waals surface area contributed by atoms with E-state index in [0.29, 0.717) is 19.4 Å². The lowest BCUT2D eigenvalue weighted by atomic mass is 9.77. The fourth-order valence-corrected chi connectivity index (χ4v) is 1.94. The number of urea groups is 1. The second kappa shape index (κ2) is 6.47. The van der Waals surface area contributed by atoms with Crippen molar-refractivity contribution in [3.8, 4) is 0 Å². The summed E-state index contributed by atoms with van der Waals surface area (Å²) in [6.07, 6.45) is 6.30. The van der Waals surface area contributed by atoms with Crippen LogP contribution in [0.15, 0.2) is 0 Å². The molecule has 0 aromatic heterocycles. The van der Waals surface area contributed by atoms with Crippen molar-refractivity contribution in [3.63, 3.8) is 0 Å². The Morgan fingerprint density at radius 2 is 1.94 bits per heavy atom. The van der Waals surface area contributed by atoms with Crippen LogP contribution >= 0.6 is 0 Å². The van der Waals surface area contributed by atoms with E-state index in [0.717, 1.165) is 25.7 Å². The van der Waals surface area contributed by atoms with Crippen LogP contribution in [-0.4, -0.2) is 29.2 Å². The van der Waals surface area contributed by atoms with E-state index in [1.54, 1.807) is 0 Å². The number of nitrogens with one attached hydrogen (secondary N) is 2. The molecular formula is C12H22N2O3. The number of hydrogen-bond donors (Lipinski definition) is 3. The molecular weight excluding hydrogens is 220 g/mol. The Balaban J connectivity index is 2.18. The standard InChI is InChI=1S/C12H22N2O3/c1-2-3-4-5-9-13-11(17)14-12(10(15)16)7-6-8-12/h2-9H2,1H3,(H,15,16)(H2,13,14,17). The summed E-state index contributed by atoms with van der Waals surface area (Å²) in [7, 11) is 0. The van der Waals surface area contributed by atoms with Crippen LogP contribution in [0.4, 0.5) is 4.79 Å². The summed E-state index contributed by atoms with van der Waals surface area (Å²) in [5, 5.41) is 14.3. The van der Waals surface area contributed by atoms with Gasteiger partial charge in [-0.3, -0.25) is 0 Å². The van der Waals surface area contributed by atoms with Gasteiger partial charge in [-0.25, -0.2) is 9.59 Å². The van der Waals surface area contributed by atoms with Gasteiger partial charge in [-0.05, 0) is 25.7 Å². The molecule has 2 amide bonds. The molecule has 1 aliphatic rings. The minimum Gasteiger partial charge on any atom is -0.480 e. The molecule has 1 saturated carbocycles. The van der Waals surface area contributed by atoms with Gasteiger partial charge in [0.2, 0.25) is 0 Å². The SMILES string of the molecule is CCCCCCNC(=O)NC1(C(=O)O)CCC1. The van der Waals surface area contributed by atoms with Crippen molar-refractivity contribution in [2.75, 3.05) is 6.54 Å². The van der Waals surface area contributed by atoms with Crippen LogP contribution < -0.4 is 10.6 Å². The molecule has 0 atom stereocenters. The predicted molar refractivity (Wildman–Crippen MR) is 64.9 cm³/mol. The molecule has 0 unspecified atom stereocenters. The zero-order valence-corrected chi connectivity index (χ0v) is 10.4. The van der Waals surface area contributed by atoms with Crippen molar-refractivity contribution < 1.29 is 14.7 Å². The largest absolute Gasteiger partial charge is 0.480 e. The van der Waals surface area contributed by atoms with Crippen LogP contribution in [0.5, 0.6) is 0 Å². The van der Waals surface area contributed by atoms with Gasteiger partial charge in [0.25, 0.3) is 0 Å². The topological polar surface area (TPSA) is 78.4 Å². The van der Waals surface area contributed by atoms with Gasteiger partial charge in [0.15, 0.2) is 0 Å². The number of carboxylic acids is 1. The summed E-state index contributed by atoms with van der Waals surface area (Å²) in [6.45, 7) is 2.74. The van der Waals surface area contributed by atoms with E-state index in [-0.39, 0.29) is 6.03 Å². The molecule has 5 heteroatoms. The van der Waals surface area contributed by atoms with Crippen molar-refractivity contribution in [3.05, 3.63) is 0 Å². The maximum absolute atomic E-state index is 11.5. The molecule has 1 rings (SSSR count). The Kier molecular flexibility index (Phi) is 5.25. The molecule has 0 spiro atoms. The second-order valence-corrected chi connectivity index (χ2v) is 4.68. The lowest BCUT2D eigenvalue weighted by Crippen LogP contribution is -2.61. The first-order valence-corrected chi connectivity index (χ1v) is 6.40. The van der Waals surface area contributed by atoms with Crippen molar-refractivity contribution in [2.24, 2.45) is 0 Å². The van der Waals surface area contributed by atoms with E-state index < -0.39 is 11.5 Å². The van der Waals surface area contributed by atoms with Gasteiger partial charge >= 0.3 is 12.0 Å². The summed E-state index contributed by atoms with van der Waals surface area (Å²) in [4.78, 5) is 22.5. The summed E-state index contributed by atoms with van der Waals surface area (Å²) in [5.74, 6) is -0.926. The molecule has 0 aliphatic heterocycles. The molecule has 0 radical (unpaired) electrons. The van der Waals surface area contributed by atoms with E-state index in [1.165, 1.54) is 6.42 Å². The quantitative estimate of drug-likeness (QED) is 0.596. The van der Waals surface area contributed by atoms with Gasteiger partial charge in [-0.1, -0.05) is 26.2 Å². The number of carboxylic acid groups (broad SMARTS) is 1. The average Bonchev–Trinajstić information content (AvgIpc) is 2.22. The second-order valence-electron chi connectivity index (χ2n) is 4.68. The van der Waals surface area contributed by atoms with E-state index in [1.807, 2.05) is 0 Å². The van der Waals surface area contributed by atoms with Crippen LogP contribution in [0.3, 0.4) is 0 Å². The molecule has 1 fully saturated rings. The third-order valence-electron chi connectivity index (χ3n) is 3.29. The average molecular weight is 242 g/mol. The maximum Gasteiger partial charge on any atom is 0.329 e. The number of rotatable bonds is 7. The fourth-order valence-electron chi connectivity index (χ4n) is 1.94. The molecule has 17 heavy (non-hydrogen) atoms. The van der Waals surface area contributed by atoms with Gasteiger partial charge < -0.3 is 15.7 Å². The lowest BCUT2D eigenvalue weighted by molar-refractivity contribution is -0.148. The van der Waals surface area contributed by atoms with E-state index in [9.17, 15) is 9.59 Å². The third-order valence-corrected chi connectivity index (χ3v) is 3.29. The van der Waals surface area contributed by atoms with Crippen molar-refractivity contribution >= 4 is 12.0 Å². The number of hydrogen-bond acceptors (Lipinski definition) is 2. The summed E-state index contributed by atoms with van der Waals surface area (Å²) >= 11 is 0. The molecule has 5 nitrogen and oxygen atoms in total. The molecule has 1 aliphatic carbocycles. The maximum atomic E-state index is 11.5. The monoisotopic (exact) mass is 242 g/mol. The molecule has 0 aromatic carbocycles. The van der Waals surface area contributed by atoms with Crippen molar-refractivity contribution in [1.82, 2.24) is 10.6 Å². The Bertz CT molecular complexity index is 275. The molecule has 0 bridgehead atoms. The number of carbonyl (C=O) groups is 2. The Labute approximate surface area is 102 Å². The highest BCUT2D eigenvalue weighted by Crippen LogP contribution is 2.31. The van der Waals surface area contributed by atoms with Gasteiger partial charge in [0.05, 0.1) is 0 Å². The highest BCUT2D eigenvalue weighted by atomic mass is 16.4. The highest BCUT2D eigenvalue weighted by Gasteiger charge is 2.45. The minimum atomic E-state index is -1.01. The van der Waals surface area contributed by atoms with Gasteiger partial charge in [-0.15, -0.1) is 0 Å². The van der Waals surface area contributed by atoms with Crippen LogP contribution in [0.25, 0.3) is 0 Å². The number of carbonyl (C=O) groups excluding carboxylic acids is 1. The Morgan fingerprint density at radius 3 is 2.41 bits per heavy atom. The van der Waals surface area contributed by atoms with Crippen LogP contribution in [0.1, 0.15) is 51.9 Å². The zero-order chi connectivity index (χ0) is 12.7. The third kappa shape index (κ3) is 3.91. The normalized spacial score (nSPS) is 17.0. The van der Waals surface area contributed by atoms with Crippen molar-refractivity contribution in [1.29, 1.82) is 0 Å². The number of amides is 2. The first-order valence-electron chi connectivity index (χ1n) is 6.40. The Hall–Kier alpha value is -1.26. The zero-order valence-electron chi connectivity index (χ0n) is 10.4. The fraction of sp³-hybridized carbons (Fsp3) is 0.833. The van der Waals surface area contributed by atoms with E-state index in [4.69, 9.17) is 5.11 Å².